The third-order valence-corrected chi connectivity index (χ3v) is 6.04. The number of rotatable bonds is 8. The van der Waals surface area contributed by atoms with Crippen LogP contribution in [0.15, 0.2) is 30.5 Å². The second kappa shape index (κ2) is 9.96. The number of benzene rings is 1. The highest BCUT2D eigenvalue weighted by Gasteiger charge is 2.20. The molecule has 1 heterocycles. The summed E-state index contributed by atoms with van der Waals surface area (Å²) in [5.74, 6) is 2.04. The van der Waals surface area contributed by atoms with E-state index >= 15 is 0 Å². The van der Waals surface area contributed by atoms with E-state index in [0.29, 0.717) is 11.4 Å². The molecule has 1 saturated carbocycles. The first-order valence-electron chi connectivity index (χ1n) is 10.8. The van der Waals surface area contributed by atoms with Crippen LogP contribution in [0.4, 0.5) is 4.39 Å². The maximum Gasteiger partial charge on any atom is 0.224 e. The quantitative estimate of drug-likeness (QED) is 0.480. The smallest absolute Gasteiger partial charge is 0.224 e. The number of hydrogen-bond donors (Lipinski definition) is 0. The van der Waals surface area contributed by atoms with Crippen LogP contribution in [0.25, 0.3) is 11.1 Å². The molecular weight excluding hydrogens is 335 g/mol. The molecule has 0 spiro atoms. The molecule has 0 amide bonds. The van der Waals surface area contributed by atoms with E-state index < -0.39 is 5.95 Å². The van der Waals surface area contributed by atoms with Gasteiger partial charge in [-0.05, 0) is 42.2 Å². The minimum Gasteiger partial charge on any atom is -0.241 e. The first kappa shape index (κ1) is 20.0. The lowest BCUT2D eigenvalue weighted by atomic mass is 9.78. The van der Waals surface area contributed by atoms with Gasteiger partial charge in [-0.15, -0.1) is 0 Å². The molecule has 1 aromatic heterocycles. The lowest BCUT2D eigenvalue weighted by molar-refractivity contribution is 0.252. The van der Waals surface area contributed by atoms with Gasteiger partial charge in [0.15, 0.2) is 0 Å². The normalized spacial score (nSPS) is 20.0. The van der Waals surface area contributed by atoms with E-state index in [1.165, 1.54) is 50.5 Å². The number of aryl methyl sites for hydroxylation is 2. The third kappa shape index (κ3) is 5.60. The zero-order chi connectivity index (χ0) is 19.1. The Morgan fingerprint density at radius 2 is 1.56 bits per heavy atom. The van der Waals surface area contributed by atoms with Crippen LogP contribution in [-0.4, -0.2) is 9.97 Å². The summed E-state index contributed by atoms with van der Waals surface area (Å²) in [5.41, 5.74) is 2.70. The third-order valence-electron chi connectivity index (χ3n) is 6.04. The van der Waals surface area contributed by atoms with Crippen LogP contribution in [0.5, 0.6) is 0 Å². The zero-order valence-corrected chi connectivity index (χ0v) is 16.9. The fourth-order valence-corrected chi connectivity index (χ4v) is 4.37. The molecule has 0 aliphatic heterocycles. The molecule has 2 nitrogen and oxygen atoms in total. The molecule has 0 N–H and O–H groups in total. The predicted octanol–water partition coefficient (Wildman–Crippen LogP) is 6.77. The van der Waals surface area contributed by atoms with E-state index in [0.717, 1.165) is 36.7 Å². The second-order valence-electron chi connectivity index (χ2n) is 8.15. The maximum atomic E-state index is 14.3. The Morgan fingerprint density at radius 3 is 2.15 bits per heavy atom. The van der Waals surface area contributed by atoms with Gasteiger partial charge in [-0.1, -0.05) is 76.6 Å². The molecule has 0 bridgehead atoms. The van der Waals surface area contributed by atoms with Crippen LogP contribution in [0.3, 0.4) is 0 Å². The summed E-state index contributed by atoms with van der Waals surface area (Å²) >= 11 is 0. The molecule has 0 unspecified atom stereocenters. The van der Waals surface area contributed by atoms with Crippen LogP contribution in [0.1, 0.15) is 76.6 Å². The maximum absolute atomic E-state index is 14.3. The van der Waals surface area contributed by atoms with Gasteiger partial charge in [0.2, 0.25) is 5.95 Å². The summed E-state index contributed by atoms with van der Waals surface area (Å²) in [6.45, 7) is 4.35. The highest BCUT2D eigenvalue weighted by Crippen LogP contribution is 2.34. The molecule has 1 fully saturated rings. The van der Waals surface area contributed by atoms with Gasteiger partial charge >= 0.3 is 0 Å². The van der Waals surface area contributed by atoms with Gasteiger partial charge in [-0.3, -0.25) is 0 Å². The summed E-state index contributed by atoms with van der Waals surface area (Å²) in [6.07, 6.45) is 14.0. The number of hydrogen-bond acceptors (Lipinski definition) is 2. The fraction of sp³-hybridized carbons (Fsp3) is 0.583. The van der Waals surface area contributed by atoms with Gasteiger partial charge in [0.1, 0.15) is 5.82 Å². The molecule has 1 aliphatic carbocycles. The highest BCUT2D eigenvalue weighted by atomic mass is 19.1. The minimum absolute atomic E-state index is 0.412. The van der Waals surface area contributed by atoms with E-state index in [9.17, 15) is 4.39 Å². The standard InChI is InChI=1S/C24H33FN2/c1-3-5-18-7-9-19(10-8-18)11-12-20-13-15-21(16-14-20)22-17-26-23(6-4-2)27-24(22)25/h13-19H,3-12H2,1-2H3/t18-,19-. The van der Waals surface area contributed by atoms with E-state index in [-0.39, 0.29) is 0 Å². The summed E-state index contributed by atoms with van der Waals surface area (Å²) in [6, 6.07) is 8.29. The molecule has 1 aromatic carbocycles. The van der Waals surface area contributed by atoms with Crippen LogP contribution < -0.4 is 0 Å². The molecule has 2 aromatic rings. The van der Waals surface area contributed by atoms with Crippen molar-refractivity contribution in [3.63, 3.8) is 0 Å². The molecule has 0 radical (unpaired) electrons. The van der Waals surface area contributed by atoms with Crippen LogP contribution in [0, 0.1) is 17.8 Å². The lowest BCUT2D eigenvalue weighted by Crippen LogP contribution is -2.15. The Balaban J connectivity index is 1.53. The van der Waals surface area contributed by atoms with E-state index in [1.54, 1.807) is 6.20 Å². The monoisotopic (exact) mass is 368 g/mol. The lowest BCUT2D eigenvalue weighted by Gasteiger charge is -2.28. The van der Waals surface area contributed by atoms with Crippen molar-refractivity contribution in [3.8, 4) is 11.1 Å². The van der Waals surface area contributed by atoms with Gasteiger partial charge in [0, 0.05) is 12.6 Å². The SMILES string of the molecule is CCCc1ncc(-c2ccc(CC[C@H]3CC[C@H](CCC)CC3)cc2)c(F)n1. The molecule has 3 heteroatoms. The van der Waals surface area contributed by atoms with Gasteiger partial charge in [0.25, 0.3) is 0 Å². The van der Waals surface area contributed by atoms with E-state index in [2.05, 4.69) is 29.0 Å². The van der Waals surface area contributed by atoms with Crippen molar-refractivity contribution in [2.45, 2.75) is 78.1 Å². The molecule has 3 rings (SSSR count). The minimum atomic E-state index is -0.412. The van der Waals surface area contributed by atoms with Crippen molar-refractivity contribution in [3.05, 3.63) is 47.8 Å². The number of aromatic nitrogens is 2. The van der Waals surface area contributed by atoms with Crippen molar-refractivity contribution in [1.82, 2.24) is 9.97 Å². The Kier molecular flexibility index (Phi) is 7.37. The first-order chi connectivity index (χ1) is 13.2. The number of halogens is 1. The molecule has 0 atom stereocenters. The van der Waals surface area contributed by atoms with Crippen molar-refractivity contribution in [1.29, 1.82) is 0 Å². The summed E-state index contributed by atoms with van der Waals surface area (Å²) in [5, 5.41) is 0. The van der Waals surface area contributed by atoms with E-state index in [4.69, 9.17) is 0 Å². The fourth-order valence-electron chi connectivity index (χ4n) is 4.37. The largest absolute Gasteiger partial charge is 0.241 e. The second-order valence-corrected chi connectivity index (χ2v) is 8.15. The van der Waals surface area contributed by atoms with Gasteiger partial charge < -0.3 is 0 Å². The van der Waals surface area contributed by atoms with Gasteiger partial charge in [0.05, 0.1) is 5.56 Å². The summed E-state index contributed by atoms with van der Waals surface area (Å²) < 4.78 is 14.3. The Labute approximate surface area is 163 Å². The zero-order valence-electron chi connectivity index (χ0n) is 16.9. The summed E-state index contributed by atoms with van der Waals surface area (Å²) in [7, 11) is 0. The first-order valence-corrected chi connectivity index (χ1v) is 10.8. The average molecular weight is 369 g/mol. The molecule has 27 heavy (non-hydrogen) atoms. The van der Waals surface area contributed by atoms with E-state index in [1.807, 2.05) is 19.1 Å². The number of nitrogens with zero attached hydrogens (tertiary/aromatic N) is 2. The Hall–Kier alpha value is -1.77. The average Bonchev–Trinajstić information content (AvgIpc) is 2.69. The topological polar surface area (TPSA) is 25.8 Å². The van der Waals surface area contributed by atoms with Crippen LogP contribution in [0.2, 0.25) is 0 Å². The van der Waals surface area contributed by atoms with Crippen LogP contribution >= 0.6 is 0 Å². The Morgan fingerprint density at radius 1 is 0.889 bits per heavy atom. The molecule has 146 valence electrons. The molecule has 1 aliphatic rings. The molecule has 0 saturated heterocycles. The Bertz CT molecular complexity index is 703. The predicted molar refractivity (Wildman–Crippen MR) is 110 cm³/mol. The van der Waals surface area contributed by atoms with Crippen LogP contribution in [-0.2, 0) is 12.8 Å². The van der Waals surface area contributed by atoms with Crippen molar-refractivity contribution in [2.24, 2.45) is 11.8 Å². The van der Waals surface area contributed by atoms with Gasteiger partial charge in [-0.25, -0.2) is 9.97 Å². The summed E-state index contributed by atoms with van der Waals surface area (Å²) in [4.78, 5) is 8.29. The van der Waals surface area contributed by atoms with Crippen molar-refractivity contribution >= 4 is 0 Å². The van der Waals surface area contributed by atoms with Crippen molar-refractivity contribution < 1.29 is 4.39 Å². The molecular formula is C24H33FN2. The highest BCUT2D eigenvalue weighted by molar-refractivity contribution is 5.62. The van der Waals surface area contributed by atoms with Crippen molar-refractivity contribution in [2.75, 3.05) is 0 Å². The van der Waals surface area contributed by atoms with Gasteiger partial charge in [-0.2, -0.15) is 4.39 Å².